The molecule has 4 rings (SSSR count). The van der Waals surface area contributed by atoms with Gasteiger partial charge in [0, 0.05) is 38.9 Å². The lowest BCUT2D eigenvalue weighted by molar-refractivity contribution is -0.232. The van der Waals surface area contributed by atoms with Gasteiger partial charge in [-0.1, -0.05) is 6.07 Å². The maximum Gasteiger partial charge on any atom is 0.190 e. The third-order valence-electron chi connectivity index (χ3n) is 5.89. The lowest BCUT2D eigenvalue weighted by Gasteiger charge is -2.36. The van der Waals surface area contributed by atoms with Gasteiger partial charge in [0.25, 0.3) is 0 Å². The molecular formula is C21H33N3O7. The van der Waals surface area contributed by atoms with Gasteiger partial charge in [0.05, 0.1) is 19.3 Å². The number of piperazine rings is 1. The minimum absolute atomic E-state index is 0.0656. The lowest BCUT2D eigenvalue weighted by Crippen LogP contribution is -2.50. The SMILES string of the molecule is CC1(C)O[C@H]2O[C@H]([C@H](O)CO)[C@H](OC[C@@H](O)CN3CCN(c4ccccn4)CC3)[C@H]2O1. The van der Waals surface area contributed by atoms with Gasteiger partial charge in [0.15, 0.2) is 12.1 Å². The molecule has 10 nitrogen and oxygen atoms in total. The minimum Gasteiger partial charge on any atom is -0.394 e. The molecule has 0 aliphatic carbocycles. The van der Waals surface area contributed by atoms with Gasteiger partial charge in [-0.2, -0.15) is 0 Å². The van der Waals surface area contributed by atoms with Crippen molar-refractivity contribution in [1.29, 1.82) is 0 Å². The van der Waals surface area contributed by atoms with E-state index in [1.165, 1.54) is 0 Å². The van der Waals surface area contributed by atoms with Crippen molar-refractivity contribution < 1.29 is 34.3 Å². The fourth-order valence-corrected chi connectivity index (χ4v) is 4.38. The fourth-order valence-electron chi connectivity index (χ4n) is 4.38. The van der Waals surface area contributed by atoms with E-state index in [4.69, 9.17) is 18.9 Å². The quantitative estimate of drug-likeness (QED) is 0.474. The van der Waals surface area contributed by atoms with E-state index in [-0.39, 0.29) is 6.61 Å². The average Bonchev–Trinajstić information content (AvgIpc) is 3.24. The molecule has 3 saturated heterocycles. The molecule has 6 atom stereocenters. The van der Waals surface area contributed by atoms with Crippen LogP contribution in [0.25, 0.3) is 0 Å². The van der Waals surface area contributed by atoms with E-state index < -0.39 is 49.2 Å². The number of hydrogen-bond acceptors (Lipinski definition) is 10. The number of pyridine rings is 1. The highest BCUT2D eigenvalue weighted by Gasteiger charge is 2.57. The Labute approximate surface area is 182 Å². The van der Waals surface area contributed by atoms with Crippen LogP contribution in [0, 0.1) is 0 Å². The first-order chi connectivity index (χ1) is 14.9. The molecule has 0 radical (unpaired) electrons. The van der Waals surface area contributed by atoms with Crippen molar-refractivity contribution >= 4 is 5.82 Å². The van der Waals surface area contributed by atoms with E-state index in [9.17, 15) is 15.3 Å². The van der Waals surface area contributed by atoms with Crippen LogP contribution in [-0.2, 0) is 18.9 Å². The molecule has 1 aromatic rings. The first kappa shape index (κ1) is 22.8. The Morgan fingerprint density at radius 2 is 1.97 bits per heavy atom. The number of rotatable bonds is 8. The second-order valence-corrected chi connectivity index (χ2v) is 8.75. The van der Waals surface area contributed by atoms with Gasteiger partial charge in [0.1, 0.15) is 30.2 Å². The van der Waals surface area contributed by atoms with Crippen LogP contribution < -0.4 is 4.90 Å². The normalized spacial score (nSPS) is 32.7. The van der Waals surface area contributed by atoms with Crippen LogP contribution in [0.5, 0.6) is 0 Å². The van der Waals surface area contributed by atoms with Gasteiger partial charge in [0.2, 0.25) is 0 Å². The Morgan fingerprint density at radius 1 is 1.19 bits per heavy atom. The molecule has 0 aromatic carbocycles. The molecule has 3 N–H and O–H groups in total. The summed E-state index contributed by atoms with van der Waals surface area (Å²) in [7, 11) is 0. The van der Waals surface area contributed by atoms with E-state index in [0.29, 0.717) is 6.54 Å². The first-order valence-electron chi connectivity index (χ1n) is 10.8. The topological polar surface area (TPSA) is 117 Å². The molecule has 0 amide bonds. The summed E-state index contributed by atoms with van der Waals surface area (Å²) in [6, 6.07) is 5.89. The zero-order valence-corrected chi connectivity index (χ0v) is 18.0. The molecule has 3 aliphatic rings. The second kappa shape index (κ2) is 9.63. The molecule has 0 spiro atoms. The number of nitrogens with zero attached hydrogens (tertiary/aromatic N) is 3. The number of anilines is 1. The molecule has 0 bridgehead atoms. The highest BCUT2D eigenvalue weighted by Crippen LogP contribution is 2.39. The van der Waals surface area contributed by atoms with Crippen molar-refractivity contribution in [2.24, 2.45) is 0 Å². The minimum atomic E-state index is -1.12. The molecule has 3 aliphatic heterocycles. The summed E-state index contributed by atoms with van der Waals surface area (Å²) < 4.78 is 23.3. The molecule has 0 unspecified atom stereocenters. The number of aromatic nitrogens is 1. The summed E-state index contributed by atoms with van der Waals surface area (Å²) >= 11 is 0. The Hall–Kier alpha value is -1.37. The van der Waals surface area contributed by atoms with E-state index in [0.717, 1.165) is 32.0 Å². The largest absolute Gasteiger partial charge is 0.394 e. The predicted molar refractivity (Wildman–Crippen MR) is 110 cm³/mol. The average molecular weight is 440 g/mol. The summed E-state index contributed by atoms with van der Waals surface area (Å²) in [4.78, 5) is 8.82. The Kier molecular flexibility index (Phi) is 7.09. The molecule has 174 valence electrons. The molecular weight excluding hydrogens is 406 g/mol. The first-order valence-corrected chi connectivity index (χ1v) is 10.8. The molecule has 31 heavy (non-hydrogen) atoms. The molecule has 3 fully saturated rings. The van der Waals surface area contributed by atoms with Crippen molar-refractivity contribution in [3.05, 3.63) is 24.4 Å². The maximum absolute atomic E-state index is 10.6. The van der Waals surface area contributed by atoms with Gasteiger partial charge < -0.3 is 39.2 Å². The van der Waals surface area contributed by atoms with E-state index >= 15 is 0 Å². The van der Waals surface area contributed by atoms with Gasteiger partial charge in [-0.25, -0.2) is 4.98 Å². The standard InChI is InChI=1S/C21H33N3O7/c1-21(2)30-19-18(17(15(27)12-25)29-20(19)31-21)28-13-14(26)11-23-7-9-24(10-8-23)16-5-3-4-6-22-16/h3-6,14-15,17-20,25-27H,7-13H2,1-2H3/t14-,15+,17+,18-,19+,20+/m0/s1. The number of aliphatic hydroxyl groups excluding tert-OH is 3. The van der Waals surface area contributed by atoms with E-state index in [1.807, 2.05) is 18.2 Å². The summed E-state index contributed by atoms with van der Waals surface area (Å²) in [5, 5.41) is 30.0. The Balaban J connectivity index is 1.26. The van der Waals surface area contributed by atoms with Gasteiger partial charge in [-0.15, -0.1) is 0 Å². The van der Waals surface area contributed by atoms with Crippen LogP contribution in [0.1, 0.15) is 13.8 Å². The highest BCUT2D eigenvalue weighted by atomic mass is 16.8. The van der Waals surface area contributed by atoms with E-state index in [2.05, 4.69) is 14.8 Å². The predicted octanol–water partition coefficient (Wildman–Crippen LogP) is -0.821. The number of ether oxygens (including phenoxy) is 4. The number of aliphatic hydroxyl groups is 3. The van der Waals surface area contributed by atoms with Crippen LogP contribution in [0.3, 0.4) is 0 Å². The maximum atomic E-state index is 10.6. The van der Waals surface area contributed by atoms with Gasteiger partial charge in [-0.3, -0.25) is 4.90 Å². The monoisotopic (exact) mass is 439 g/mol. The van der Waals surface area contributed by atoms with Crippen molar-refractivity contribution in [2.45, 2.75) is 56.4 Å². The van der Waals surface area contributed by atoms with Gasteiger partial charge in [-0.05, 0) is 26.0 Å². The Bertz CT molecular complexity index is 701. The lowest BCUT2D eigenvalue weighted by atomic mass is 10.1. The number of hydrogen-bond donors (Lipinski definition) is 3. The van der Waals surface area contributed by atoms with Crippen LogP contribution >= 0.6 is 0 Å². The van der Waals surface area contributed by atoms with Crippen molar-refractivity contribution in [1.82, 2.24) is 9.88 Å². The molecule has 10 heteroatoms. The van der Waals surface area contributed by atoms with Gasteiger partial charge >= 0.3 is 0 Å². The summed E-state index contributed by atoms with van der Waals surface area (Å²) in [5.74, 6) is 0.148. The fraction of sp³-hybridized carbons (Fsp3) is 0.762. The van der Waals surface area contributed by atoms with Crippen molar-refractivity contribution in [3.63, 3.8) is 0 Å². The third-order valence-corrected chi connectivity index (χ3v) is 5.89. The summed E-state index contributed by atoms with van der Waals surface area (Å²) in [5.41, 5.74) is 0. The second-order valence-electron chi connectivity index (χ2n) is 8.75. The summed E-state index contributed by atoms with van der Waals surface area (Å²) in [6.45, 7) is 6.97. The van der Waals surface area contributed by atoms with Crippen LogP contribution in [0.4, 0.5) is 5.82 Å². The smallest absolute Gasteiger partial charge is 0.190 e. The molecule has 1 aromatic heterocycles. The van der Waals surface area contributed by atoms with Crippen LogP contribution in [-0.4, -0.2) is 114 Å². The zero-order chi connectivity index (χ0) is 22.0. The molecule has 0 saturated carbocycles. The molecule has 4 heterocycles. The number of fused-ring (bicyclic) bond motifs is 1. The summed E-state index contributed by atoms with van der Waals surface area (Å²) in [6.07, 6.45) is -2.68. The highest BCUT2D eigenvalue weighted by molar-refractivity contribution is 5.38. The third kappa shape index (κ3) is 5.35. The van der Waals surface area contributed by atoms with Crippen LogP contribution in [0.15, 0.2) is 24.4 Å². The zero-order valence-electron chi connectivity index (χ0n) is 18.0. The Morgan fingerprint density at radius 3 is 2.65 bits per heavy atom. The number of β-amino-alcohol motifs (C(OH)–C–C–N with tert-alkyl or cyclic N) is 1. The van der Waals surface area contributed by atoms with Crippen LogP contribution in [0.2, 0.25) is 0 Å². The van der Waals surface area contributed by atoms with E-state index in [1.54, 1.807) is 20.0 Å². The van der Waals surface area contributed by atoms with Crippen molar-refractivity contribution in [2.75, 3.05) is 50.8 Å². The van der Waals surface area contributed by atoms with Crippen molar-refractivity contribution in [3.8, 4) is 0 Å².